The van der Waals surface area contributed by atoms with E-state index in [4.69, 9.17) is 0 Å². The van der Waals surface area contributed by atoms with Gasteiger partial charge in [0.2, 0.25) is 0 Å². The average Bonchev–Trinajstić information content (AvgIpc) is 1.96. The Morgan fingerprint density at radius 1 is 1.27 bits per heavy atom. The number of rotatable bonds is 7. The molecule has 0 rings (SSSR count). The Balaban J connectivity index is 2.90. The van der Waals surface area contributed by atoms with E-state index in [0.717, 1.165) is 25.5 Å². The zero-order valence-electron chi connectivity index (χ0n) is 7.44. The molecular formula is C10H18O. The Hall–Kier alpha value is -0.590. The van der Waals surface area contributed by atoms with Crippen molar-refractivity contribution in [1.82, 2.24) is 0 Å². The van der Waals surface area contributed by atoms with Gasteiger partial charge in [-0.2, -0.15) is 0 Å². The summed E-state index contributed by atoms with van der Waals surface area (Å²) < 4.78 is 0. The van der Waals surface area contributed by atoms with E-state index in [1.807, 2.05) is 0 Å². The Bertz CT molecular complexity index is 116. The van der Waals surface area contributed by atoms with Crippen LogP contribution in [0.25, 0.3) is 0 Å². The summed E-state index contributed by atoms with van der Waals surface area (Å²) in [7, 11) is 0. The second kappa shape index (κ2) is 7.52. The minimum atomic E-state index is 0.729. The molecule has 0 amide bonds. The highest BCUT2D eigenvalue weighted by Gasteiger charge is 1.89. The second-order valence-corrected chi connectivity index (χ2v) is 3.08. The Kier molecular flexibility index (Phi) is 7.11. The van der Waals surface area contributed by atoms with Gasteiger partial charge in [-0.15, -0.1) is 6.58 Å². The normalized spacial score (nSPS) is 9.55. The van der Waals surface area contributed by atoms with Crippen LogP contribution in [0.1, 0.15) is 45.4 Å². The molecule has 0 aromatic rings. The standard InChI is InChI=1S/C10H18O/c1-10(2)8-6-4-3-5-7-9-11/h9H,1,3-8H2,2H3. The minimum absolute atomic E-state index is 0.729. The van der Waals surface area contributed by atoms with Gasteiger partial charge < -0.3 is 4.79 Å². The first-order valence-electron chi connectivity index (χ1n) is 4.35. The van der Waals surface area contributed by atoms with Crippen molar-refractivity contribution in [2.45, 2.75) is 45.4 Å². The first kappa shape index (κ1) is 10.4. The molecule has 64 valence electrons. The summed E-state index contributed by atoms with van der Waals surface area (Å²) in [5.41, 5.74) is 1.26. The highest BCUT2D eigenvalue weighted by atomic mass is 16.1. The molecule has 0 aromatic heterocycles. The van der Waals surface area contributed by atoms with Gasteiger partial charge in [0.1, 0.15) is 6.29 Å². The number of hydrogen-bond donors (Lipinski definition) is 0. The molecule has 0 aromatic carbocycles. The van der Waals surface area contributed by atoms with Gasteiger partial charge in [0.05, 0.1) is 0 Å². The molecule has 1 nitrogen and oxygen atoms in total. The van der Waals surface area contributed by atoms with E-state index in [2.05, 4.69) is 13.5 Å². The Morgan fingerprint density at radius 2 is 1.91 bits per heavy atom. The van der Waals surface area contributed by atoms with Crippen molar-refractivity contribution in [3.63, 3.8) is 0 Å². The van der Waals surface area contributed by atoms with Gasteiger partial charge in [0, 0.05) is 6.42 Å². The van der Waals surface area contributed by atoms with E-state index in [-0.39, 0.29) is 0 Å². The fraction of sp³-hybridized carbons (Fsp3) is 0.700. The number of unbranched alkanes of at least 4 members (excludes halogenated alkanes) is 4. The molecule has 0 bridgehead atoms. The Morgan fingerprint density at radius 3 is 2.45 bits per heavy atom. The molecule has 0 heterocycles. The monoisotopic (exact) mass is 154 g/mol. The summed E-state index contributed by atoms with van der Waals surface area (Å²) in [5, 5.41) is 0. The third-order valence-corrected chi connectivity index (χ3v) is 1.68. The zero-order valence-corrected chi connectivity index (χ0v) is 7.44. The fourth-order valence-electron chi connectivity index (χ4n) is 1.01. The van der Waals surface area contributed by atoms with Crippen LogP contribution in [0.5, 0.6) is 0 Å². The summed E-state index contributed by atoms with van der Waals surface area (Å²) in [5.74, 6) is 0. The molecule has 11 heavy (non-hydrogen) atoms. The van der Waals surface area contributed by atoms with Crippen molar-refractivity contribution in [2.75, 3.05) is 0 Å². The summed E-state index contributed by atoms with van der Waals surface area (Å²) >= 11 is 0. The van der Waals surface area contributed by atoms with Gasteiger partial charge in [0.25, 0.3) is 0 Å². The number of allylic oxidation sites excluding steroid dienone is 1. The number of aldehydes is 1. The highest BCUT2D eigenvalue weighted by molar-refractivity contribution is 5.48. The summed E-state index contributed by atoms with van der Waals surface area (Å²) in [6.07, 6.45) is 7.58. The maximum absolute atomic E-state index is 9.93. The molecule has 1 heteroatoms. The van der Waals surface area contributed by atoms with Crippen LogP contribution in [-0.2, 0) is 4.79 Å². The molecule has 0 N–H and O–H groups in total. The maximum Gasteiger partial charge on any atom is 0.119 e. The molecule has 0 aliphatic rings. The van der Waals surface area contributed by atoms with Gasteiger partial charge in [0.15, 0.2) is 0 Å². The van der Waals surface area contributed by atoms with Crippen molar-refractivity contribution >= 4 is 6.29 Å². The molecule has 0 atom stereocenters. The third kappa shape index (κ3) is 9.41. The van der Waals surface area contributed by atoms with E-state index < -0.39 is 0 Å². The van der Waals surface area contributed by atoms with Crippen molar-refractivity contribution in [2.24, 2.45) is 0 Å². The largest absolute Gasteiger partial charge is 0.303 e. The van der Waals surface area contributed by atoms with Gasteiger partial charge >= 0.3 is 0 Å². The first-order valence-corrected chi connectivity index (χ1v) is 4.35. The van der Waals surface area contributed by atoms with E-state index in [9.17, 15) is 4.79 Å². The molecule has 0 fully saturated rings. The molecule has 0 saturated carbocycles. The van der Waals surface area contributed by atoms with Gasteiger partial charge in [-0.3, -0.25) is 0 Å². The summed E-state index contributed by atoms with van der Waals surface area (Å²) in [6.45, 7) is 5.89. The molecular weight excluding hydrogens is 136 g/mol. The second-order valence-electron chi connectivity index (χ2n) is 3.08. The summed E-state index contributed by atoms with van der Waals surface area (Å²) in [4.78, 5) is 9.93. The molecule has 0 aliphatic carbocycles. The zero-order chi connectivity index (χ0) is 8.53. The van der Waals surface area contributed by atoms with Crippen LogP contribution in [0, 0.1) is 0 Å². The minimum Gasteiger partial charge on any atom is -0.303 e. The maximum atomic E-state index is 9.93. The number of hydrogen-bond acceptors (Lipinski definition) is 1. The molecule has 0 unspecified atom stereocenters. The van der Waals surface area contributed by atoms with E-state index >= 15 is 0 Å². The lowest BCUT2D eigenvalue weighted by Gasteiger charge is -1.98. The van der Waals surface area contributed by atoms with Crippen molar-refractivity contribution in [1.29, 1.82) is 0 Å². The number of carbonyl (C=O) groups is 1. The molecule has 0 radical (unpaired) electrons. The van der Waals surface area contributed by atoms with Crippen LogP contribution in [0.4, 0.5) is 0 Å². The van der Waals surface area contributed by atoms with Crippen LogP contribution in [0.2, 0.25) is 0 Å². The van der Waals surface area contributed by atoms with Crippen LogP contribution < -0.4 is 0 Å². The lowest BCUT2D eigenvalue weighted by molar-refractivity contribution is -0.107. The van der Waals surface area contributed by atoms with Crippen molar-refractivity contribution in [3.05, 3.63) is 12.2 Å². The molecule has 0 saturated heterocycles. The van der Waals surface area contributed by atoms with Gasteiger partial charge in [-0.25, -0.2) is 0 Å². The third-order valence-electron chi connectivity index (χ3n) is 1.68. The van der Waals surface area contributed by atoms with Gasteiger partial charge in [-0.1, -0.05) is 18.4 Å². The van der Waals surface area contributed by atoms with E-state index in [1.54, 1.807) is 0 Å². The lowest BCUT2D eigenvalue weighted by atomic mass is 10.1. The van der Waals surface area contributed by atoms with E-state index in [0.29, 0.717) is 0 Å². The molecule has 0 spiro atoms. The quantitative estimate of drug-likeness (QED) is 0.313. The van der Waals surface area contributed by atoms with Crippen LogP contribution in [0.15, 0.2) is 12.2 Å². The van der Waals surface area contributed by atoms with Crippen molar-refractivity contribution in [3.8, 4) is 0 Å². The predicted molar refractivity (Wildman–Crippen MR) is 48.6 cm³/mol. The highest BCUT2D eigenvalue weighted by Crippen LogP contribution is 2.08. The number of carbonyl (C=O) groups excluding carboxylic acids is 1. The van der Waals surface area contributed by atoms with E-state index in [1.165, 1.54) is 24.8 Å². The van der Waals surface area contributed by atoms with Gasteiger partial charge in [-0.05, 0) is 26.2 Å². The first-order chi connectivity index (χ1) is 5.27. The van der Waals surface area contributed by atoms with Crippen molar-refractivity contribution < 1.29 is 4.79 Å². The fourth-order valence-corrected chi connectivity index (χ4v) is 1.01. The summed E-state index contributed by atoms with van der Waals surface area (Å²) in [6, 6.07) is 0. The molecule has 0 aliphatic heterocycles. The average molecular weight is 154 g/mol. The van der Waals surface area contributed by atoms with Crippen LogP contribution >= 0.6 is 0 Å². The topological polar surface area (TPSA) is 17.1 Å². The SMILES string of the molecule is C=C(C)CCCCCCC=O. The van der Waals surface area contributed by atoms with Crippen LogP contribution in [0.3, 0.4) is 0 Å². The Labute approximate surface area is 69.5 Å². The predicted octanol–water partition coefficient (Wildman–Crippen LogP) is 3.10. The smallest absolute Gasteiger partial charge is 0.119 e. The lowest BCUT2D eigenvalue weighted by Crippen LogP contribution is -1.80. The van der Waals surface area contributed by atoms with Crippen LogP contribution in [-0.4, -0.2) is 6.29 Å².